The van der Waals surface area contributed by atoms with Crippen LogP contribution in [0.4, 0.5) is 0 Å². The third-order valence-corrected chi connectivity index (χ3v) is 3.30. The second kappa shape index (κ2) is 6.20. The van der Waals surface area contributed by atoms with Crippen LogP contribution in [-0.2, 0) is 6.61 Å². The number of methoxy groups -OCH3 is 1. The lowest BCUT2D eigenvalue weighted by Crippen LogP contribution is -2.13. The number of hydrogen-bond donors (Lipinski definition) is 1. The quantitative estimate of drug-likeness (QED) is 0.799. The smallest absolute Gasteiger partial charge is 0.258 e. The highest BCUT2D eigenvalue weighted by Crippen LogP contribution is 2.17. The highest BCUT2D eigenvalue weighted by atomic mass is 16.5. The number of ether oxygens (including phenoxy) is 2. The van der Waals surface area contributed by atoms with E-state index in [1.807, 2.05) is 6.07 Å². The predicted molar refractivity (Wildman–Crippen MR) is 84.4 cm³/mol. The maximum atomic E-state index is 12.1. The van der Waals surface area contributed by atoms with E-state index in [1.165, 1.54) is 0 Å². The van der Waals surface area contributed by atoms with Crippen molar-refractivity contribution < 1.29 is 9.47 Å². The van der Waals surface area contributed by atoms with Crippen LogP contribution in [0.3, 0.4) is 0 Å². The predicted octanol–water partition coefficient (Wildman–Crippen LogP) is 2.38. The Hall–Kier alpha value is -3.33. The standard InChI is InChI=1S/C17H13N3O3/c1-22-12-5-6-15-14(8-12)17(21)20-16(19-15)10-23-13-4-2-3-11(7-13)9-18/h2-8H,10H2,1H3,(H,19,20,21). The molecule has 1 aromatic heterocycles. The molecule has 3 aromatic rings. The fraction of sp³-hybridized carbons (Fsp3) is 0.118. The number of fused-ring (bicyclic) bond motifs is 1. The van der Waals surface area contributed by atoms with Crippen molar-refractivity contribution in [3.05, 3.63) is 64.2 Å². The maximum Gasteiger partial charge on any atom is 0.258 e. The minimum Gasteiger partial charge on any atom is -0.497 e. The Bertz CT molecular complexity index is 957. The molecule has 0 fully saturated rings. The Labute approximate surface area is 131 Å². The van der Waals surface area contributed by atoms with Crippen LogP contribution in [0.25, 0.3) is 10.9 Å². The van der Waals surface area contributed by atoms with E-state index in [0.29, 0.717) is 33.8 Å². The summed E-state index contributed by atoms with van der Waals surface area (Å²) in [5.74, 6) is 1.55. The summed E-state index contributed by atoms with van der Waals surface area (Å²) in [6.07, 6.45) is 0. The number of rotatable bonds is 4. The molecular weight excluding hydrogens is 294 g/mol. The normalized spacial score (nSPS) is 10.3. The van der Waals surface area contributed by atoms with Gasteiger partial charge in [-0.15, -0.1) is 0 Å². The molecule has 23 heavy (non-hydrogen) atoms. The Kier molecular flexibility index (Phi) is 3.93. The van der Waals surface area contributed by atoms with Crippen molar-refractivity contribution in [1.82, 2.24) is 9.97 Å². The fourth-order valence-electron chi connectivity index (χ4n) is 2.17. The maximum absolute atomic E-state index is 12.1. The molecule has 0 saturated heterocycles. The number of benzene rings is 2. The van der Waals surface area contributed by atoms with Crippen molar-refractivity contribution in [3.8, 4) is 17.6 Å². The molecule has 0 saturated carbocycles. The highest BCUT2D eigenvalue weighted by molar-refractivity contribution is 5.79. The van der Waals surface area contributed by atoms with E-state index in [1.54, 1.807) is 49.6 Å². The summed E-state index contributed by atoms with van der Waals surface area (Å²) in [5.41, 5.74) is 0.826. The first-order valence-electron chi connectivity index (χ1n) is 6.89. The molecule has 3 rings (SSSR count). The molecule has 0 unspecified atom stereocenters. The average molecular weight is 307 g/mol. The molecule has 0 aliphatic rings. The average Bonchev–Trinajstić information content (AvgIpc) is 2.60. The molecule has 6 heteroatoms. The van der Waals surface area contributed by atoms with Gasteiger partial charge >= 0.3 is 0 Å². The summed E-state index contributed by atoms with van der Waals surface area (Å²) in [7, 11) is 1.54. The van der Waals surface area contributed by atoms with E-state index in [9.17, 15) is 4.79 Å². The number of nitrogens with zero attached hydrogens (tertiary/aromatic N) is 2. The van der Waals surface area contributed by atoms with Gasteiger partial charge < -0.3 is 14.5 Å². The molecule has 0 spiro atoms. The zero-order valence-corrected chi connectivity index (χ0v) is 12.4. The molecule has 114 valence electrons. The molecule has 1 N–H and O–H groups in total. The SMILES string of the molecule is COc1ccc2nc(COc3cccc(C#N)c3)[nH]c(=O)c2c1. The van der Waals surface area contributed by atoms with Crippen LogP contribution >= 0.6 is 0 Å². The lowest BCUT2D eigenvalue weighted by atomic mass is 10.2. The Morgan fingerprint density at radius 1 is 1.22 bits per heavy atom. The Morgan fingerprint density at radius 3 is 2.87 bits per heavy atom. The second-order valence-electron chi connectivity index (χ2n) is 4.82. The zero-order chi connectivity index (χ0) is 16.2. The van der Waals surface area contributed by atoms with E-state index >= 15 is 0 Å². The number of H-pyrrole nitrogens is 1. The van der Waals surface area contributed by atoms with Crippen molar-refractivity contribution in [3.63, 3.8) is 0 Å². The van der Waals surface area contributed by atoms with E-state index in [0.717, 1.165) is 0 Å². The summed E-state index contributed by atoms with van der Waals surface area (Å²) in [6.45, 7) is 0.103. The van der Waals surface area contributed by atoms with Crippen LogP contribution in [0.1, 0.15) is 11.4 Å². The summed E-state index contributed by atoms with van der Waals surface area (Å²) >= 11 is 0. The number of hydrogen-bond acceptors (Lipinski definition) is 5. The monoisotopic (exact) mass is 307 g/mol. The molecule has 0 radical (unpaired) electrons. The molecular formula is C17H13N3O3. The Morgan fingerprint density at radius 2 is 2.09 bits per heavy atom. The van der Waals surface area contributed by atoms with Crippen molar-refractivity contribution in [2.45, 2.75) is 6.61 Å². The minimum absolute atomic E-state index is 0.103. The van der Waals surface area contributed by atoms with Gasteiger partial charge in [0.2, 0.25) is 0 Å². The summed E-state index contributed by atoms with van der Waals surface area (Å²) in [6, 6.07) is 14.0. The molecule has 2 aromatic carbocycles. The highest BCUT2D eigenvalue weighted by Gasteiger charge is 2.06. The molecule has 1 heterocycles. The van der Waals surface area contributed by atoms with Gasteiger partial charge in [-0.25, -0.2) is 4.98 Å². The van der Waals surface area contributed by atoms with Gasteiger partial charge in [0.15, 0.2) is 0 Å². The first kappa shape index (κ1) is 14.6. The van der Waals surface area contributed by atoms with Gasteiger partial charge in [0, 0.05) is 0 Å². The van der Waals surface area contributed by atoms with Gasteiger partial charge in [-0.2, -0.15) is 5.26 Å². The third-order valence-electron chi connectivity index (χ3n) is 3.30. The third kappa shape index (κ3) is 3.14. The first-order valence-corrected chi connectivity index (χ1v) is 6.89. The molecule has 6 nitrogen and oxygen atoms in total. The van der Waals surface area contributed by atoms with Gasteiger partial charge in [-0.3, -0.25) is 4.79 Å². The largest absolute Gasteiger partial charge is 0.497 e. The lowest BCUT2D eigenvalue weighted by molar-refractivity contribution is 0.296. The fourth-order valence-corrected chi connectivity index (χ4v) is 2.17. The van der Waals surface area contributed by atoms with Crippen LogP contribution in [0.5, 0.6) is 11.5 Å². The van der Waals surface area contributed by atoms with Crippen LogP contribution in [-0.4, -0.2) is 17.1 Å². The second-order valence-corrected chi connectivity index (χ2v) is 4.82. The number of aromatic nitrogens is 2. The van der Waals surface area contributed by atoms with Crippen LogP contribution in [0.2, 0.25) is 0 Å². The van der Waals surface area contributed by atoms with Crippen molar-refractivity contribution in [2.24, 2.45) is 0 Å². The number of nitrogens with one attached hydrogen (secondary N) is 1. The summed E-state index contributed by atoms with van der Waals surface area (Å²) in [5, 5.41) is 9.33. The molecule has 0 aliphatic heterocycles. The van der Waals surface area contributed by atoms with Crippen LogP contribution < -0.4 is 15.0 Å². The Balaban J connectivity index is 1.86. The van der Waals surface area contributed by atoms with Gasteiger partial charge in [-0.05, 0) is 36.4 Å². The van der Waals surface area contributed by atoms with Crippen LogP contribution in [0.15, 0.2) is 47.3 Å². The summed E-state index contributed by atoms with van der Waals surface area (Å²) in [4.78, 5) is 19.2. The van der Waals surface area contributed by atoms with Crippen molar-refractivity contribution >= 4 is 10.9 Å². The lowest BCUT2D eigenvalue weighted by Gasteiger charge is -2.07. The molecule has 0 bridgehead atoms. The molecule has 0 atom stereocenters. The van der Waals surface area contributed by atoms with E-state index in [2.05, 4.69) is 9.97 Å². The van der Waals surface area contributed by atoms with Gasteiger partial charge in [0.05, 0.1) is 29.6 Å². The van der Waals surface area contributed by atoms with Crippen molar-refractivity contribution in [2.75, 3.05) is 7.11 Å². The number of nitriles is 1. The topological polar surface area (TPSA) is 88.0 Å². The zero-order valence-electron chi connectivity index (χ0n) is 12.4. The molecule has 0 aliphatic carbocycles. The van der Waals surface area contributed by atoms with Gasteiger partial charge in [-0.1, -0.05) is 6.07 Å². The van der Waals surface area contributed by atoms with Crippen molar-refractivity contribution in [1.29, 1.82) is 5.26 Å². The summed E-state index contributed by atoms with van der Waals surface area (Å²) < 4.78 is 10.7. The van der Waals surface area contributed by atoms with Gasteiger partial charge in [0.1, 0.15) is 23.9 Å². The van der Waals surface area contributed by atoms with Gasteiger partial charge in [0.25, 0.3) is 5.56 Å². The molecule has 0 amide bonds. The van der Waals surface area contributed by atoms with E-state index in [-0.39, 0.29) is 12.2 Å². The number of aromatic amines is 1. The van der Waals surface area contributed by atoms with Crippen LogP contribution in [0, 0.1) is 11.3 Å². The first-order chi connectivity index (χ1) is 11.2. The van der Waals surface area contributed by atoms with E-state index < -0.39 is 0 Å². The van der Waals surface area contributed by atoms with E-state index in [4.69, 9.17) is 14.7 Å². The minimum atomic E-state index is -0.252.